The Morgan fingerprint density at radius 2 is 1.81 bits per heavy atom. The van der Waals surface area contributed by atoms with E-state index in [0.29, 0.717) is 5.92 Å². The molecule has 0 radical (unpaired) electrons. The van der Waals surface area contributed by atoms with Crippen LogP contribution < -0.4 is 11.3 Å². The van der Waals surface area contributed by atoms with Crippen molar-refractivity contribution in [3.8, 4) is 0 Å². The fraction of sp³-hybridized carbons (Fsp3) is 0.333. The molecule has 0 saturated heterocycles. The summed E-state index contributed by atoms with van der Waals surface area (Å²) in [5.41, 5.74) is 5.59. The van der Waals surface area contributed by atoms with Gasteiger partial charge in [0.05, 0.1) is 6.04 Å². The normalized spacial score (nSPS) is 12.6. The largest absolute Gasteiger partial charge is 0.271 e. The van der Waals surface area contributed by atoms with E-state index in [2.05, 4.69) is 67.8 Å². The SMILES string of the molecule is CC(C)Cc1cccc(C(CSc2ccccc2)NN)c1. The van der Waals surface area contributed by atoms with Crippen molar-refractivity contribution < 1.29 is 0 Å². The van der Waals surface area contributed by atoms with E-state index >= 15 is 0 Å². The lowest BCUT2D eigenvalue weighted by Gasteiger charge is -2.17. The van der Waals surface area contributed by atoms with E-state index in [1.807, 2.05) is 17.8 Å². The van der Waals surface area contributed by atoms with Gasteiger partial charge in [-0.2, -0.15) is 0 Å². The molecule has 2 rings (SSSR count). The second-order valence-electron chi connectivity index (χ2n) is 5.69. The van der Waals surface area contributed by atoms with Gasteiger partial charge in [0.2, 0.25) is 0 Å². The molecule has 2 nitrogen and oxygen atoms in total. The minimum absolute atomic E-state index is 0.169. The lowest BCUT2D eigenvalue weighted by Crippen LogP contribution is -2.29. The van der Waals surface area contributed by atoms with Crippen molar-refractivity contribution in [2.75, 3.05) is 5.75 Å². The van der Waals surface area contributed by atoms with Crippen LogP contribution in [0.4, 0.5) is 0 Å². The van der Waals surface area contributed by atoms with Gasteiger partial charge in [0.25, 0.3) is 0 Å². The number of rotatable bonds is 7. The summed E-state index contributed by atoms with van der Waals surface area (Å²) in [5, 5.41) is 0. The third-order valence-electron chi connectivity index (χ3n) is 3.36. The number of thioether (sulfide) groups is 1. The summed E-state index contributed by atoms with van der Waals surface area (Å²) < 4.78 is 0. The molecule has 0 aliphatic heterocycles. The Bertz CT molecular complexity index is 540. The van der Waals surface area contributed by atoms with Gasteiger partial charge in [0, 0.05) is 10.6 Å². The van der Waals surface area contributed by atoms with Gasteiger partial charge in [-0.1, -0.05) is 56.3 Å². The summed E-state index contributed by atoms with van der Waals surface area (Å²) in [4.78, 5) is 1.27. The topological polar surface area (TPSA) is 38.0 Å². The Labute approximate surface area is 132 Å². The molecule has 2 aromatic carbocycles. The summed E-state index contributed by atoms with van der Waals surface area (Å²) in [6.07, 6.45) is 1.11. The molecule has 0 aromatic heterocycles. The van der Waals surface area contributed by atoms with Gasteiger partial charge >= 0.3 is 0 Å². The van der Waals surface area contributed by atoms with Crippen molar-refractivity contribution in [2.24, 2.45) is 11.8 Å². The van der Waals surface area contributed by atoms with E-state index in [0.717, 1.165) is 12.2 Å². The van der Waals surface area contributed by atoms with E-state index in [1.165, 1.54) is 16.0 Å². The van der Waals surface area contributed by atoms with Crippen molar-refractivity contribution in [3.63, 3.8) is 0 Å². The number of nitrogens with two attached hydrogens (primary N) is 1. The van der Waals surface area contributed by atoms with Gasteiger partial charge in [-0.25, -0.2) is 0 Å². The quantitative estimate of drug-likeness (QED) is 0.457. The zero-order valence-corrected chi connectivity index (χ0v) is 13.6. The maximum atomic E-state index is 5.76. The molecule has 0 spiro atoms. The van der Waals surface area contributed by atoms with Gasteiger partial charge in [0.1, 0.15) is 0 Å². The van der Waals surface area contributed by atoms with Crippen molar-refractivity contribution in [3.05, 3.63) is 65.7 Å². The zero-order chi connectivity index (χ0) is 15.1. The summed E-state index contributed by atoms with van der Waals surface area (Å²) >= 11 is 1.83. The first kappa shape index (κ1) is 16.1. The molecule has 0 aliphatic carbocycles. The van der Waals surface area contributed by atoms with Crippen LogP contribution >= 0.6 is 11.8 Å². The van der Waals surface area contributed by atoms with Crippen LogP contribution in [0.15, 0.2) is 59.5 Å². The standard InChI is InChI=1S/C18H24N2S/c1-14(2)11-15-7-6-8-16(12-15)18(20-19)13-21-17-9-4-3-5-10-17/h3-10,12,14,18,20H,11,13,19H2,1-2H3. The molecule has 3 N–H and O–H groups in total. The predicted octanol–water partition coefficient (Wildman–Crippen LogP) is 4.18. The molecule has 0 aliphatic rings. The molecule has 0 fully saturated rings. The molecule has 21 heavy (non-hydrogen) atoms. The summed E-state index contributed by atoms with van der Waals surface area (Å²) in [5.74, 6) is 7.35. The van der Waals surface area contributed by atoms with Gasteiger partial charge in [-0.15, -0.1) is 11.8 Å². The lowest BCUT2D eigenvalue weighted by atomic mass is 9.99. The second kappa shape index (κ2) is 8.23. The minimum atomic E-state index is 0.169. The average Bonchev–Trinajstić information content (AvgIpc) is 2.49. The average molecular weight is 300 g/mol. The van der Waals surface area contributed by atoms with E-state index in [4.69, 9.17) is 5.84 Å². The second-order valence-corrected chi connectivity index (χ2v) is 6.78. The Kier molecular flexibility index (Phi) is 6.30. The molecule has 2 aromatic rings. The van der Waals surface area contributed by atoms with Crippen LogP contribution in [0.25, 0.3) is 0 Å². The first-order chi connectivity index (χ1) is 10.2. The first-order valence-electron chi connectivity index (χ1n) is 7.42. The Morgan fingerprint density at radius 3 is 2.48 bits per heavy atom. The van der Waals surface area contributed by atoms with Gasteiger partial charge in [-0.3, -0.25) is 11.3 Å². The number of nitrogens with one attached hydrogen (secondary N) is 1. The van der Waals surface area contributed by atoms with E-state index in [9.17, 15) is 0 Å². The molecule has 1 atom stereocenters. The summed E-state index contributed by atoms with van der Waals surface area (Å²) in [6.45, 7) is 4.49. The number of hydrazine groups is 1. The molecule has 0 saturated carbocycles. The Balaban J connectivity index is 2.03. The van der Waals surface area contributed by atoms with E-state index in [1.54, 1.807) is 0 Å². The molecular weight excluding hydrogens is 276 g/mol. The van der Waals surface area contributed by atoms with E-state index < -0.39 is 0 Å². The Hall–Kier alpha value is -1.29. The van der Waals surface area contributed by atoms with Crippen molar-refractivity contribution in [1.29, 1.82) is 0 Å². The smallest absolute Gasteiger partial charge is 0.0554 e. The molecule has 3 heteroatoms. The summed E-state index contributed by atoms with van der Waals surface area (Å²) in [6, 6.07) is 19.4. The highest BCUT2D eigenvalue weighted by Gasteiger charge is 2.11. The zero-order valence-electron chi connectivity index (χ0n) is 12.8. The molecular formula is C18H24N2S. The first-order valence-corrected chi connectivity index (χ1v) is 8.40. The monoisotopic (exact) mass is 300 g/mol. The molecule has 0 heterocycles. The van der Waals surface area contributed by atoms with Crippen molar-refractivity contribution in [1.82, 2.24) is 5.43 Å². The lowest BCUT2D eigenvalue weighted by molar-refractivity contribution is 0.606. The van der Waals surface area contributed by atoms with Crippen LogP contribution in [0.2, 0.25) is 0 Å². The molecule has 0 bridgehead atoms. The van der Waals surface area contributed by atoms with Gasteiger partial charge in [0.15, 0.2) is 0 Å². The van der Waals surface area contributed by atoms with Gasteiger partial charge in [-0.05, 0) is 35.6 Å². The molecule has 0 amide bonds. The van der Waals surface area contributed by atoms with Crippen molar-refractivity contribution >= 4 is 11.8 Å². The van der Waals surface area contributed by atoms with Crippen LogP contribution in [0.1, 0.15) is 31.0 Å². The van der Waals surface area contributed by atoms with E-state index in [-0.39, 0.29) is 6.04 Å². The van der Waals surface area contributed by atoms with Crippen LogP contribution in [-0.4, -0.2) is 5.75 Å². The summed E-state index contributed by atoms with van der Waals surface area (Å²) in [7, 11) is 0. The Morgan fingerprint density at radius 1 is 1.05 bits per heavy atom. The minimum Gasteiger partial charge on any atom is -0.271 e. The molecule has 1 unspecified atom stereocenters. The number of benzene rings is 2. The predicted molar refractivity (Wildman–Crippen MR) is 92.2 cm³/mol. The van der Waals surface area contributed by atoms with Crippen LogP contribution in [0.5, 0.6) is 0 Å². The third-order valence-corrected chi connectivity index (χ3v) is 4.46. The molecule has 112 valence electrons. The highest BCUT2D eigenvalue weighted by Crippen LogP contribution is 2.25. The van der Waals surface area contributed by atoms with Crippen LogP contribution in [0.3, 0.4) is 0 Å². The fourth-order valence-corrected chi connectivity index (χ4v) is 3.34. The van der Waals surface area contributed by atoms with Crippen LogP contribution in [0, 0.1) is 5.92 Å². The van der Waals surface area contributed by atoms with Gasteiger partial charge < -0.3 is 0 Å². The number of hydrogen-bond donors (Lipinski definition) is 2. The van der Waals surface area contributed by atoms with Crippen LogP contribution in [-0.2, 0) is 6.42 Å². The highest BCUT2D eigenvalue weighted by atomic mass is 32.2. The highest BCUT2D eigenvalue weighted by molar-refractivity contribution is 7.99. The maximum absolute atomic E-state index is 5.76. The maximum Gasteiger partial charge on any atom is 0.0554 e. The fourth-order valence-electron chi connectivity index (χ4n) is 2.35. The number of hydrogen-bond acceptors (Lipinski definition) is 3. The third kappa shape index (κ3) is 5.20. The van der Waals surface area contributed by atoms with Crippen molar-refractivity contribution in [2.45, 2.75) is 31.2 Å².